The number of nitrogens with two attached hydrogens (primary N) is 1. The van der Waals surface area contributed by atoms with Crippen LogP contribution < -0.4 is 11.3 Å². The highest BCUT2D eigenvalue weighted by Gasteiger charge is 2.08. The molecule has 0 atom stereocenters. The van der Waals surface area contributed by atoms with Crippen molar-refractivity contribution in [3.8, 4) is 11.4 Å². The lowest BCUT2D eigenvalue weighted by Gasteiger charge is -2.08. The van der Waals surface area contributed by atoms with E-state index in [4.69, 9.17) is 33.8 Å². The van der Waals surface area contributed by atoms with Gasteiger partial charge in [0.25, 0.3) is 0 Å². The summed E-state index contributed by atoms with van der Waals surface area (Å²) in [6, 6.07) is 6.83. The van der Waals surface area contributed by atoms with E-state index < -0.39 is 0 Å². The minimum absolute atomic E-state index is 0.360. The number of benzene rings is 1. The van der Waals surface area contributed by atoms with Crippen LogP contribution >= 0.6 is 23.2 Å². The third kappa shape index (κ3) is 3.54. The smallest absolute Gasteiger partial charge is 0.162 e. The first-order valence-corrected chi connectivity index (χ1v) is 6.18. The zero-order valence-corrected chi connectivity index (χ0v) is 11.7. The molecule has 0 radical (unpaired) electrons. The highest BCUT2D eigenvalue weighted by Crippen LogP contribution is 2.26. The van der Waals surface area contributed by atoms with Gasteiger partial charge < -0.3 is 10.2 Å². The van der Waals surface area contributed by atoms with Crippen molar-refractivity contribution in [3.05, 3.63) is 40.0 Å². The summed E-state index contributed by atoms with van der Waals surface area (Å²) in [5.41, 5.74) is 3.91. The largest absolute Gasteiger partial charge is 0.378 e. The molecule has 2 rings (SSSR count). The van der Waals surface area contributed by atoms with E-state index in [1.807, 2.05) is 0 Å². The Morgan fingerprint density at radius 2 is 1.84 bits per heavy atom. The highest BCUT2D eigenvalue weighted by molar-refractivity contribution is 6.35. The minimum Gasteiger partial charge on any atom is -0.378 e. The van der Waals surface area contributed by atoms with Crippen LogP contribution in [-0.4, -0.2) is 17.1 Å². The summed E-state index contributed by atoms with van der Waals surface area (Å²) in [7, 11) is 1.59. The summed E-state index contributed by atoms with van der Waals surface area (Å²) in [5, 5.41) is 1.04. The molecule has 0 aliphatic heterocycles. The standard InChI is InChI=1S/C12H12Cl2N4O/c1-19-6-10-5-11(18-15)17-12(16-10)7-2-8(13)4-9(14)3-7/h2-5H,6,15H2,1H3,(H,16,17,18). The molecule has 19 heavy (non-hydrogen) atoms. The summed E-state index contributed by atoms with van der Waals surface area (Å²) >= 11 is 11.9. The highest BCUT2D eigenvalue weighted by atomic mass is 35.5. The first-order valence-electron chi connectivity index (χ1n) is 5.42. The molecule has 0 saturated carbocycles. The van der Waals surface area contributed by atoms with Crippen molar-refractivity contribution < 1.29 is 4.74 Å². The fourth-order valence-electron chi connectivity index (χ4n) is 1.61. The fourth-order valence-corrected chi connectivity index (χ4v) is 2.13. The third-order valence-electron chi connectivity index (χ3n) is 2.34. The zero-order chi connectivity index (χ0) is 13.8. The lowest BCUT2D eigenvalue weighted by atomic mass is 10.2. The maximum atomic E-state index is 5.97. The van der Waals surface area contributed by atoms with Crippen LogP contribution in [-0.2, 0) is 11.3 Å². The number of hydrogen-bond donors (Lipinski definition) is 2. The van der Waals surface area contributed by atoms with E-state index in [-0.39, 0.29) is 0 Å². The Morgan fingerprint density at radius 3 is 2.42 bits per heavy atom. The van der Waals surface area contributed by atoms with Gasteiger partial charge in [0.05, 0.1) is 12.3 Å². The molecule has 0 amide bonds. The molecular formula is C12H12Cl2N4O. The number of nitrogens with one attached hydrogen (secondary N) is 1. The maximum absolute atomic E-state index is 5.97. The van der Waals surface area contributed by atoms with E-state index >= 15 is 0 Å². The molecule has 0 aliphatic carbocycles. The summed E-state index contributed by atoms with van der Waals surface area (Å²) in [4.78, 5) is 8.64. The number of hydrogen-bond acceptors (Lipinski definition) is 5. The van der Waals surface area contributed by atoms with Crippen LogP contribution in [0.5, 0.6) is 0 Å². The molecule has 7 heteroatoms. The summed E-state index contributed by atoms with van der Waals surface area (Å²) in [5.74, 6) is 6.36. The van der Waals surface area contributed by atoms with Crippen molar-refractivity contribution in [3.63, 3.8) is 0 Å². The molecular weight excluding hydrogens is 287 g/mol. The Balaban J connectivity index is 2.50. The van der Waals surface area contributed by atoms with Crippen LogP contribution in [0, 0.1) is 0 Å². The number of nitrogens with zero attached hydrogens (tertiary/aromatic N) is 2. The Kier molecular flexibility index (Phi) is 4.55. The summed E-state index contributed by atoms with van der Waals surface area (Å²) in [6.45, 7) is 0.360. The average Bonchev–Trinajstić information content (AvgIpc) is 2.37. The lowest BCUT2D eigenvalue weighted by Crippen LogP contribution is -2.10. The van der Waals surface area contributed by atoms with Gasteiger partial charge >= 0.3 is 0 Å². The van der Waals surface area contributed by atoms with Crippen LogP contribution in [0.1, 0.15) is 5.69 Å². The predicted molar refractivity (Wildman–Crippen MR) is 76.0 cm³/mol. The zero-order valence-electron chi connectivity index (χ0n) is 10.2. The van der Waals surface area contributed by atoms with E-state index in [1.54, 1.807) is 31.4 Å². The summed E-state index contributed by atoms with van der Waals surface area (Å²) < 4.78 is 5.05. The van der Waals surface area contributed by atoms with Gasteiger partial charge in [-0.2, -0.15) is 0 Å². The molecule has 100 valence electrons. The van der Waals surface area contributed by atoms with E-state index in [9.17, 15) is 0 Å². The maximum Gasteiger partial charge on any atom is 0.162 e. The second-order valence-corrected chi connectivity index (χ2v) is 4.68. The number of anilines is 1. The first-order chi connectivity index (χ1) is 9.12. The quantitative estimate of drug-likeness (QED) is 0.671. The second kappa shape index (κ2) is 6.16. The van der Waals surface area contributed by atoms with Crippen molar-refractivity contribution in [1.82, 2.24) is 9.97 Å². The molecule has 5 nitrogen and oxygen atoms in total. The Morgan fingerprint density at radius 1 is 1.16 bits per heavy atom. The van der Waals surface area contributed by atoms with Crippen molar-refractivity contribution in [2.45, 2.75) is 6.61 Å². The van der Waals surface area contributed by atoms with E-state index in [1.165, 1.54) is 0 Å². The third-order valence-corrected chi connectivity index (χ3v) is 2.78. The Labute approximate surface area is 120 Å². The van der Waals surface area contributed by atoms with Crippen molar-refractivity contribution >= 4 is 29.0 Å². The molecule has 0 unspecified atom stereocenters. The van der Waals surface area contributed by atoms with E-state index in [0.29, 0.717) is 39.6 Å². The van der Waals surface area contributed by atoms with Gasteiger partial charge in [0.1, 0.15) is 5.82 Å². The van der Waals surface area contributed by atoms with Crippen LogP contribution in [0.3, 0.4) is 0 Å². The number of aromatic nitrogens is 2. The molecule has 0 bridgehead atoms. The normalized spacial score (nSPS) is 10.5. The van der Waals surface area contributed by atoms with Crippen molar-refractivity contribution in [1.29, 1.82) is 0 Å². The van der Waals surface area contributed by atoms with E-state index in [0.717, 1.165) is 0 Å². The molecule has 0 spiro atoms. The van der Waals surface area contributed by atoms with Gasteiger partial charge in [-0.25, -0.2) is 15.8 Å². The molecule has 0 fully saturated rings. The average molecular weight is 299 g/mol. The predicted octanol–water partition coefficient (Wildman–Crippen LogP) is 2.88. The molecule has 2 aromatic rings. The van der Waals surface area contributed by atoms with Crippen molar-refractivity contribution in [2.75, 3.05) is 12.5 Å². The van der Waals surface area contributed by atoms with Crippen LogP contribution in [0.4, 0.5) is 5.82 Å². The molecule has 0 saturated heterocycles. The molecule has 1 heterocycles. The van der Waals surface area contributed by atoms with Crippen LogP contribution in [0.25, 0.3) is 11.4 Å². The molecule has 3 N–H and O–H groups in total. The molecule has 1 aromatic carbocycles. The number of nitrogen functional groups attached to an aromatic ring is 1. The van der Waals surface area contributed by atoms with Crippen molar-refractivity contribution in [2.24, 2.45) is 5.84 Å². The lowest BCUT2D eigenvalue weighted by molar-refractivity contribution is 0.181. The number of rotatable bonds is 4. The first kappa shape index (κ1) is 14.0. The monoisotopic (exact) mass is 298 g/mol. The van der Waals surface area contributed by atoms with Gasteiger partial charge in [0, 0.05) is 28.8 Å². The van der Waals surface area contributed by atoms with E-state index in [2.05, 4.69) is 15.4 Å². The minimum atomic E-state index is 0.360. The number of hydrazine groups is 1. The number of methoxy groups -OCH3 is 1. The SMILES string of the molecule is COCc1cc(NN)nc(-c2cc(Cl)cc(Cl)c2)n1. The van der Waals surface area contributed by atoms with Gasteiger partial charge in [0.2, 0.25) is 0 Å². The fraction of sp³-hybridized carbons (Fsp3) is 0.167. The second-order valence-electron chi connectivity index (χ2n) is 3.80. The van der Waals surface area contributed by atoms with Crippen LogP contribution in [0.15, 0.2) is 24.3 Å². The van der Waals surface area contributed by atoms with Gasteiger partial charge in [0.15, 0.2) is 5.82 Å². The number of ether oxygens (including phenoxy) is 1. The van der Waals surface area contributed by atoms with Gasteiger partial charge in [-0.15, -0.1) is 0 Å². The number of halogens is 2. The van der Waals surface area contributed by atoms with Gasteiger partial charge in [-0.05, 0) is 18.2 Å². The van der Waals surface area contributed by atoms with Crippen LogP contribution in [0.2, 0.25) is 10.0 Å². The molecule has 0 aliphatic rings. The Bertz CT molecular complexity index is 572. The summed E-state index contributed by atoms with van der Waals surface area (Å²) in [6.07, 6.45) is 0. The topological polar surface area (TPSA) is 73.1 Å². The molecule has 1 aromatic heterocycles. The van der Waals surface area contributed by atoms with Gasteiger partial charge in [-0.1, -0.05) is 23.2 Å². The van der Waals surface area contributed by atoms with Gasteiger partial charge in [-0.3, -0.25) is 0 Å². The Hall–Kier alpha value is -1.40.